The number of nitrogens with zero attached hydrogens (tertiary/aromatic N) is 1. The van der Waals surface area contributed by atoms with Crippen LogP contribution in [-0.2, 0) is 4.79 Å². The Morgan fingerprint density at radius 1 is 1.54 bits per heavy atom. The second-order valence-electron chi connectivity index (χ2n) is 3.34. The smallest absolute Gasteiger partial charge is 0.236 e. The summed E-state index contributed by atoms with van der Waals surface area (Å²) >= 11 is 3.26. The summed E-state index contributed by atoms with van der Waals surface area (Å²) in [6.45, 7) is 4.25. The molecule has 0 radical (unpaired) electrons. The first-order valence-corrected chi connectivity index (χ1v) is 5.12. The van der Waals surface area contributed by atoms with Gasteiger partial charge in [0.05, 0.1) is 10.4 Å². The quantitative estimate of drug-likeness (QED) is 0.596. The summed E-state index contributed by atoms with van der Waals surface area (Å²) in [5.74, 6) is -0.00976. The highest BCUT2D eigenvalue weighted by Crippen LogP contribution is 2.15. The lowest BCUT2D eigenvalue weighted by molar-refractivity contribution is -0.122. The van der Waals surface area contributed by atoms with Crippen LogP contribution in [0.4, 0.5) is 0 Å². The Labute approximate surface area is 87.6 Å². The zero-order valence-corrected chi connectivity index (χ0v) is 9.65. The van der Waals surface area contributed by atoms with Crippen LogP contribution >= 0.6 is 15.9 Å². The molecule has 74 valence electrons. The Morgan fingerprint density at radius 2 is 2.15 bits per heavy atom. The standard InChI is InChI=1S/C9H15BrN2O/c1-9(2,10)8(13)12-7-5-3-4-6-11/h3-5,7H2,1-2H3,(H,12,13). The second kappa shape index (κ2) is 5.98. The topological polar surface area (TPSA) is 52.9 Å². The number of carbonyl (C=O) groups is 1. The summed E-state index contributed by atoms with van der Waals surface area (Å²) in [4.78, 5) is 11.3. The SMILES string of the molecule is CC(C)(Br)C(=O)NCCCCC#N. The number of hydrogen-bond acceptors (Lipinski definition) is 2. The van der Waals surface area contributed by atoms with Gasteiger partial charge < -0.3 is 5.32 Å². The molecule has 0 fully saturated rings. The molecule has 0 heterocycles. The molecule has 0 aromatic heterocycles. The minimum atomic E-state index is -0.498. The highest BCUT2D eigenvalue weighted by molar-refractivity contribution is 9.10. The highest BCUT2D eigenvalue weighted by atomic mass is 79.9. The van der Waals surface area contributed by atoms with Gasteiger partial charge in [0.15, 0.2) is 0 Å². The summed E-state index contributed by atoms with van der Waals surface area (Å²) in [6.07, 6.45) is 2.27. The molecular formula is C9H15BrN2O. The van der Waals surface area contributed by atoms with Crippen LogP contribution in [0.15, 0.2) is 0 Å². The van der Waals surface area contributed by atoms with E-state index < -0.39 is 4.32 Å². The van der Waals surface area contributed by atoms with Gasteiger partial charge in [0.2, 0.25) is 5.91 Å². The summed E-state index contributed by atoms with van der Waals surface area (Å²) in [6, 6.07) is 2.06. The van der Waals surface area contributed by atoms with Gasteiger partial charge in [0, 0.05) is 13.0 Å². The molecule has 0 unspecified atom stereocenters. The lowest BCUT2D eigenvalue weighted by Gasteiger charge is -2.15. The van der Waals surface area contributed by atoms with E-state index in [-0.39, 0.29) is 5.91 Å². The number of amides is 1. The zero-order chi connectivity index (χ0) is 10.3. The van der Waals surface area contributed by atoms with Crippen LogP contribution in [0.5, 0.6) is 0 Å². The van der Waals surface area contributed by atoms with Crippen molar-refractivity contribution in [3.8, 4) is 6.07 Å². The van der Waals surface area contributed by atoms with Crippen molar-refractivity contribution >= 4 is 21.8 Å². The molecule has 0 rings (SSSR count). The third-order valence-corrected chi connectivity index (χ3v) is 1.90. The minimum absolute atomic E-state index is 0.00976. The molecule has 0 aliphatic heterocycles. The van der Waals surface area contributed by atoms with Crippen molar-refractivity contribution in [3.63, 3.8) is 0 Å². The fraction of sp³-hybridized carbons (Fsp3) is 0.778. The lowest BCUT2D eigenvalue weighted by Crippen LogP contribution is -2.37. The molecule has 0 aliphatic rings. The van der Waals surface area contributed by atoms with Crippen molar-refractivity contribution in [2.24, 2.45) is 0 Å². The predicted molar refractivity (Wildman–Crippen MR) is 55.5 cm³/mol. The maximum Gasteiger partial charge on any atom is 0.236 e. The van der Waals surface area contributed by atoms with E-state index in [0.29, 0.717) is 13.0 Å². The van der Waals surface area contributed by atoms with E-state index in [1.807, 2.05) is 0 Å². The number of carbonyl (C=O) groups excluding carboxylic acids is 1. The molecule has 0 aromatic carbocycles. The van der Waals surface area contributed by atoms with Gasteiger partial charge in [0.1, 0.15) is 0 Å². The van der Waals surface area contributed by atoms with Crippen molar-refractivity contribution in [1.29, 1.82) is 5.26 Å². The van der Waals surface area contributed by atoms with Gasteiger partial charge in [-0.05, 0) is 26.7 Å². The van der Waals surface area contributed by atoms with Gasteiger partial charge in [-0.3, -0.25) is 4.79 Å². The molecule has 0 bridgehead atoms. The van der Waals surface area contributed by atoms with E-state index in [9.17, 15) is 4.79 Å². The number of nitrogens with one attached hydrogen (secondary N) is 1. The van der Waals surface area contributed by atoms with Crippen LogP contribution in [0.2, 0.25) is 0 Å². The normalized spacial score (nSPS) is 10.6. The maximum absolute atomic E-state index is 11.3. The number of alkyl halides is 1. The first-order chi connectivity index (χ1) is 5.98. The van der Waals surface area contributed by atoms with Crippen molar-refractivity contribution in [3.05, 3.63) is 0 Å². The molecule has 0 saturated carbocycles. The molecule has 0 atom stereocenters. The monoisotopic (exact) mass is 246 g/mol. The molecule has 0 spiro atoms. The van der Waals surface area contributed by atoms with Crippen LogP contribution in [0.3, 0.4) is 0 Å². The number of unbranched alkanes of at least 4 members (excludes halogenated alkanes) is 2. The lowest BCUT2D eigenvalue weighted by atomic mass is 10.2. The van der Waals surface area contributed by atoms with Crippen LogP contribution in [0.1, 0.15) is 33.1 Å². The van der Waals surface area contributed by atoms with Gasteiger partial charge in [0.25, 0.3) is 0 Å². The average Bonchev–Trinajstić information content (AvgIpc) is 2.02. The van der Waals surface area contributed by atoms with E-state index in [4.69, 9.17) is 5.26 Å². The first kappa shape index (κ1) is 12.4. The van der Waals surface area contributed by atoms with E-state index >= 15 is 0 Å². The van der Waals surface area contributed by atoms with Crippen LogP contribution in [0.25, 0.3) is 0 Å². The number of halogens is 1. The van der Waals surface area contributed by atoms with Crippen molar-refractivity contribution in [2.45, 2.75) is 37.4 Å². The van der Waals surface area contributed by atoms with E-state index in [2.05, 4.69) is 27.3 Å². The second-order valence-corrected chi connectivity index (χ2v) is 5.33. The Kier molecular flexibility index (Phi) is 5.72. The third kappa shape index (κ3) is 6.59. The molecule has 3 nitrogen and oxygen atoms in total. The van der Waals surface area contributed by atoms with E-state index in [1.165, 1.54) is 0 Å². The van der Waals surface area contributed by atoms with Crippen LogP contribution < -0.4 is 5.32 Å². The Balaban J connectivity index is 3.45. The largest absolute Gasteiger partial charge is 0.355 e. The summed E-state index contributed by atoms with van der Waals surface area (Å²) < 4.78 is -0.498. The Bertz CT molecular complexity index is 203. The average molecular weight is 247 g/mol. The first-order valence-electron chi connectivity index (χ1n) is 4.32. The summed E-state index contributed by atoms with van der Waals surface area (Å²) in [7, 11) is 0. The third-order valence-electron chi connectivity index (χ3n) is 1.54. The number of rotatable bonds is 5. The van der Waals surface area contributed by atoms with Crippen LogP contribution in [0, 0.1) is 11.3 Å². The molecule has 13 heavy (non-hydrogen) atoms. The summed E-state index contributed by atoms with van der Waals surface area (Å²) in [5.41, 5.74) is 0. The molecule has 4 heteroatoms. The van der Waals surface area contributed by atoms with Crippen molar-refractivity contribution in [2.75, 3.05) is 6.54 Å². The molecule has 0 aromatic rings. The fourth-order valence-electron chi connectivity index (χ4n) is 0.741. The van der Waals surface area contributed by atoms with E-state index in [1.54, 1.807) is 13.8 Å². The van der Waals surface area contributed by atoms with Gasteiger partial charge in [-0.2, -0.15) is 5.26 Å². The molecule has 0 saturated heterocycles. The number of nitriles is 1. The molecule has 0 aliphatic carbocycles. The molecule has 1 N–H and O–H groups in total. The maximum atomic E-state index is 11.3. The van der Waals surface area contributed by atoms with Gasteiger partial charge in [-0.15, -0.1) is 0 Å². The van der Waals surface area contributed by atoms with Crippen molar-refractivity contribution < 1.29 is 4.79 Å². The molecule has 1 amide bonds. The van der Waals surface area contributed by atoms with Gasteiger partial charge >= 0.3 is 0 Å². The summed E-state index contributed by atoms with van der Waals surface area (Å²) in [5, 5.41) is 11.0. The fourth-order valence-corrected chi connectivity index (χ4v) is 0.881. The Morgan fingerprint density at radius 3 is 2.62 bits per heavy atom. The van der Waals surface area contributed by atoms with Crippen molar-refractivity contribution in [1.82, 2.24) is 5.32 Å². The number of hydrogen-bond donors (Lipinski definition) is 1. The highest BCUT2D eigenvalue weighted by Gasteiger charge is 2.22. The molecular weight excluding hydrogens is 232 g/mol. The van der Waals surface area contributed by atoms with Gasteiger partial charge in [-0.25, -0.2) is 0 Å². The Hall–Kier alpha value is -0.560. The van der Waals surface area contributed by atoms with Gasteiger partial charge in [-0.1, -0.05) is 15.9 Å². The van der Waals surface area contributed by atoms with Crippen LogP contribution in [-0.4, -0.2) is 16.8 Å². The zero-order valence-electron chi connectivity index (χ0n) is 8.06. The minimum Gasteiger partial charge on any atom is -0.355 e. The van der Waals surface area contributed by atoms with E-state index in [0.717, 1.165) is 12.8 Å². The predicted octanol–water partition coefficient (Wildman–Crippen LogP) is 1.97.